The monoisotopic (exact) mass is 400 g/mol. The number of benzene rings is 1. The minimum Gasteiger partial charge on any atom is -0.398 e. The summed E-state index contributed by atoms with van der Waals surface area (Å²) >= 11 is 7.04. The van der Waals surface area contributed by atoms with Gasteiger partial charge in [-0.3, -0.25) is 0 Å². The molecule has 3 N–H and O–H groups in total. The smallest absolute Gasteiger partial charge is 0.105 e. The minimum atomic E-state index is 0.639. The first-order valence-corrected chi connectivity index (χ1v) is 9.11. The molecule has 5 heteroatoms. The highest BCUT2D eigenvalue weighted by molar-refractivity contribution is 9.11. The van der Waals surface area contributed by atoms with E-state index in [0.29, 0.717) is 6.04 Å². The minimum absolute atomic E-state index is 0.639. The van der Waals surface area contributed by atoms with Gasteiger partial charge in [-0.15, -0.1) is 0 Å². The SMILES string of the molecule is BC1CCCC(NCc2cc(Br)cc(Br)c2N)CCC1. The van der Waals surface area contributed by atoms with E-state index in [0.717, 1.165) is 27.0 Å². The predicted octanol–water partition coefficient (Wildman–Crippen LogP) is 4.03. The molecule has 0 spiro atoms. The Kier molecular flexibility index (Phi) is 6.43. The van der Waals surface area contributed by atoms with E-state index < -0.39 is 0 Å². The van der Waals surface area contributed by atoms with Gasteiger partial charge in [0.1, 0.15) is 7.85 Å². The van der Waals surface area contributed by atoms with E-state index in [1.807, 2.05) is 6.07 Å². The molecule has 20 heavy (non-hydrogen) atoms. The van der Waals surface area contributed by atoms with Crippen LogP contribution in [0.3, 0.4) is 0 Å². The number of rotatable bonds is 3. The topological polar surface area (TPSA) is 38.0 Å². The van der Waals surface area contributed by atoms with Crippen molar-refractivity contribution in [2.24, 2.45) is 0 Å². The van der Waals surface area contributed by atoms with Gasteiger partial charge in [0.25, 0.3) is 0 Å². The summed E-state index contributed by atoms with van der Waals surface area (Å²) in [6, 6.07) is 4.74. The Morgan fingerprint density at radius 3 is 2.45 bits per heavy atom. The lowest BCUT2D eigenvalue weighted by atomic mass is 9.77. The van der Waals surface area contributed by atoms with Crippen molar-refractivity contribution < 1.29 is 0 Å². The highest BCUT2D eigenvalue weighted by Crippen LogP contribution is 2.29. The molecule has 0 aromatic heterocycles. The normalized spacial score (nSPS) is 24.1. The molecular weight excluding hydrogens is 379 g/mol. The first-order valence-electron chi connectivity index (χ1n) is 7.53. The summed E-state index contributed by atoms with van der Waals surface area (Å²) in [5.74, 6) is 0.910. The molecule has 0 radical (unpaired) electrons. The van der Waals surface area contributed by atoms with Crippen LogP contribution in [0, 0.1) is 0 Å². The summed E-state index contributed by atoms with van der Waals surface area (Å²) < 4.78 is 2.04. The summed E-state index contributed by atoms with van der Waals surface area (Å²) in [4.78, 5) is 0. The third-order valence-electron chi connectivity index (χ3n) is 4.26. The van der Waals surface area contributed by atoms with E-state index in [4.69, 9.17) is 5.73 Å². The van der Waals surface area contributed by atoms with Gasteiger partial charge < -0.3 is 11.1 Å². The molecule has 0 unspecified atom stereocenters. The predicted molar refractivity (Wildman–Crippen MR) is 96.9 cm³/mol. The van der Waals surface area contributed by atoms with Crippen molar-refractivity contribution >= 4 is 45.4 Å². The van der Waals surface area contributed by atoms with E-state index in [2.05, 4.69) is 51.1 Å². The lowest BCUT2D eigenvalue weighted by Crippen LogP contribution is -2.30. The van der Waals surface area contributed by atoms with Crippen molar-refractivity contribution in [3.8, 4) is 0 Å². The summed E-state index contributed by atoms with van der Waals surface area (Å²) in [6.45, 7) is 0.851. The molecule has 2 rings (SSSR count). The third-order valence-corrected chi connectivity index (χ3v) is 5.37. The van der Waals surface area contributed by atoms with Crippen LogP contribution in [-0.4, -0.2) is 13.9 Å². The molecule has 1 saturated carbocycles. The van der Waals surface area contributed by atoms with E-state index in [1.165, 1.54) is 44.1 Å². The van der Waals surface area contributed by atoms with Crippen LogP contribution in [0.4, 0.5) is 5.69 Å². The van der Waals surface area contributed by atoms with Crippen LogP contribution in [0.25, 0.3) is 0 Å². The number of nitrogens with two attached hydrogens (primary N) is 1. The molecule has 1 aromatic rings. The Morgan fingerprint density at radius 1 is 1.15 bits per heavy atom. The zero-order valence-electron chi connectivity index (χ0n) is 12.1. The average molecular weight is 402 g/mol. The first kappa shape index (κ1) is 16.4. The Balaban J connectivity index is 1.91. The zero-order valence-corrected chi connectivity index (χ0v) is 15.3. The highest BCUT2D eigenvalue weighted by atomic mass is 79.9. The van der Waals surface area contributed by atoms with Gasteiger partial charge in [0, 0.05) is 21.5 Å². The molecular formula is C15H23BBr2N2. The second-order valence-corrected chi connectivity index (χ2v) is 7.78. The average Bonchev–Trinajstić information content (AvgIpc) is 2.37. The number of anilines is 1. The Bertz CT molecular complexity index is 444. The maximum absolute atomic E-state index is 6.13. The molecule has 110 valence electrons. The Morgan fingerprint density at radius 2 is 1.80 bits per heavy atom. The van der Waals surface area contributed by atoms with Crippen molar-refractivity contribution in [1.29, 1.82) is 0 Å². The fourth-order valence-electron chi connectivity index (χ4n) is 2.96. The van der Waals surface area contributed by atoms with Crippen LogP contribution in [0.2, 0.25) is 5.82 Å². The van der Waals surface area contributed by atoms with E-state index in [-0.39, 0.29) is 0 Å². The van der Waals surface area contributed by atoms with Crippen molar-refractivity contribution in [3.05, 3.63) is 26.6 Å². The standard InChI is InChI=1S/C15H23BBr2N2/c16-11-3-1-5-13(6-2-4-11)20-9-10-7-12(17)8-14(18)15(10)19/h7-8,11,13,20H,1-6,9,16,19H2. The lowest BCUT2D eigenvalue weighted by molar-refractivity contribution is 0.389. The fourth-order valence-corrected chi connectivity index (χ4v) is 4.27. The van der Waals surface area contributed by atoms with Gasteiger partial charge in [-0.05, 0) is 46.5 Å². The summed E-state index contributed by atoms with van der Waals surface area (Å²) in [5, 5.41) is 3.69. The molecule has 0 heterocycles. The molecule has 0 amide bonds. The Labute approximate surface area is 139 Å². The first-order chi connectivity index (χ1) is 9.56. The zero-order chi connectivity index (χ0) is 14.5. The maximum atomic E-state index is 6.13. The van der Waals surface area contributed by atoms with E-state index >= 15 is 0 Å². The van der Waals surface area contributed by atoms with E-state index in [9.17, 15) is 0 Å². The number of hydrogen-bond acceptors (Lipinski definition) is 2. The van der Waals surface area contributed by atoms with Crippen molar-refractivity contribution in [2.45, 2.75) is 56.9 Å². The van der Waals surface area contributed by atoms with Gasteiger partial charge in [-0.2, -0.15) is 0 Å². The molecule has 1 fully saturated rings. The van der Waals surface area contributed by atoms with Crippen LogP contribution < -0.4 is 11.1 Å². The molecule has 0 atom stereocenters. The molecule has 2 nitrogen and oxygen atoms in total. The number of hydrogen-bond donors (Lipinski definition) is 2. The summed E-state index contributed by atoms with van der Waals surface area (Å²) in [6.07, 6.45) is 8.03. The number of halogens is 2. The van der Waals surface area contributed by atoms with Crippen molar-refractivity contribution in [2.75, 3.05) is 5.73 Å². The summed E-state index contributed by atoms with van der Waals surface area (Å²) in [5.41, 5.74) is 8.15. The van der Waals surface area contributed by atoms with Crippen LogP contribution >= 0.6 is 31.9 Å². The second-order valence-electron chi connectivity index (χ2n) is 6.01. The number of nitrogen functional groups attached to an aromatic ring is 1. The number of nitrogens with one attached hydrogen (secondary N) is 1. The van der Waals surface area contributed by atoms with Crippen LogP contribution in [0.5, 0.6) is 0 Å². The molecule has 1 aliphatic rings. The summed E-state index contributed by atoms with van der Waals surface area (Å²) in [7, 11) is 2.38. The molecule has 1 aliphatic carbocycles. The molecule has 0 bridgehead atoms. The van der Waals surface area contributed by atoms with Gasteiger partial charge in [0.05, 0.1) is 5.69 Å². The van der Waals surface area contributed by atoms with Crippen LogP contribution in [-0.2, 0) is 6.54 Å². The maximum Gasteiger partial charge on any atom is 0.105 e. The van der Waals surface area contributed by atoms with Crippen molar-refractivity contribution in [3.63, 3.8) is 0 Å². The van der Waals surface area contributed by atoms with Crippen molar-refractivity contribution in [1.82, 2.24) is 5.32 Å². The Hall–Kier alpha value is 0.00494. The van der Waals surface area contributed by atoms with Gasteiger partial charge in [0.2, 0.25) is 0 Å². The molecule has 1 aromatic carbocycles. The van der Waals surface area contributed by atoms with Crippen LogP contribution in [0.15, 0.2) is 21.1 Å². The van der Waals surface area contributed by atoms with Crippen LogP contribution in [0.1, 0.15) is 44.1 Å². The quantitative estimate of drug-likeness (QED) is 0.592. The molecule has 0 saturated heterocycles. The highest BCUT2D eigenvalue weighted by Gasteiger charge is 2.14. The molecule has 0 aliphatic heterocycles. The van der Waals surface area contributed by atoms with Gasteiger partial charge in [0.15, 0.2) is 0 Å². The lowest BCUT2D eigenvalue weighted by Gasteiger charge is -2.24. The second kappa shape index (κ2) is 7.86. The van der Waals surface area contributed by atoms with E-state index in [1.54, 1.807) is 0 Å². The fraction of sp³-hybridized carbons (Fsp3) is 0.600. The third kappa shape index (κ3) is 4.78. The largest absolute Gasteiger partial charge is 0.398 e. The van der Waals surface area contributed by atoms with Gasteiger partial charge in [-0.1, -0.05) is 47.4 Å². The van der Waals surface area contributed by atoms with Gasteiger partial charge >= 0.3 is 0 Å². The van der Waals surface area contributed by atoms with Gasteiger partial charge in [-0.25, -0.2) is 0 Å².